The molecular formula is C20H21N5O3. The molecule has 2 aromatic heterocycles. The third-order valence-electron chi connectivity index (χ3n) is 5.26. The van der Waals surface area contributed by atoms with E-state index in [1.165, 1.54) is 0 Å². The molecule has 0 saturated carbocycles. The van der Waals surface area contributed by atoms with Crippen molar-refractivity contribution in [2.24, 2.45) is 0 Å². The SMILES string of the molecule is COc1ccc(-c2cc(Nc3ccnc(N4C5CCC4COC5)n3)on2)cc1. The first-order valence-corrected chi connectivity index (χ1v) is 9.37. The van der Waals surface area contributed by atoms with E-state index in [-0.39, 0.29) is 0 Å². The van der Waals surface area contributed by atoms with Crippen LogP contribution in [0.3, 0.4) is 0 Å². The Morgan fingerprint density at radius 1 is 1.11 bits per heavy atom. The van der Waals surface area contributed by atoms with Gasteiger partial charge in [-0.3, -0.25) is 0 Å². The van der Waals surface area contributed by atoms with Crippen molar-refractivity contribution in [1.29, 1.82) is 0 Å². The van der Waals surface area contributed by atoms with Gasteiger partial charge in [-0.15, -0.1) is 0 Å². The van der Waals surface area contributed by atoms with Crippen molar-refractivity contribution in [3.63, 3.8) is 0 Å². The molecule has 2 aliphatic rings. The Morgan fingerprint density at radius 3 is 2.64 bits per heavy atom. The van der Waals surface area contributed by atoms with Gasteiger partial charge in [0.15, 0.2) is 0 Å². The summed E-state index contributed by atoms with van der Waals surface area (Å²) < 4.78 is 16.3. The Balaban J connectivity index is 1.33. The number of aromatic nitrogens is 3. The van der Waals surface area contributed by atoms with Crippen LogP contribution in [0.15, 0.2) is 47.1 Å². The Bertz CT molecular complexity index is 942. The molecule has 2 saturated heterocycles. The first-order chi connectivity index (χ1) is 13.8. The van der Waals surface area contributed by atoms with Crippen molar-refractivity contribution in [2.75, 3.05) is 30.5 Å². The zero-order valence-corrected chi connectivity index (χ0v) is 15.5. The molecule has 28 heavy (non-hydrogen) atoms. The molecule has 4 heterocycles. The largest absolute Gasteiger partial charge is 0.497 e. The van der Waals surface area contributed by atoms with E-state index in [1.807, 2.05) is 36.4 Å². The highest BCUT2D eigenvalue weighted by Crippen LogP contribution is 2.32. The third kappa shape index (κ3) is 3.16. The fraction of sp³-hybridized carbons (Fsp3) is 0.350. The molecule has 0 radical (unpaired) electrons. The standard InChI is InChI=1S/C20H21N5O3/c1-26-16-6-2-13(3-7-16)17-10-19(28-24-17)22-18-8-9-21-20(23-18)25-14-4-5-15(25)12-27-11-14/h2-3,6-10,14-15H,4-5,11-12H2,1H3,(H,21,22,23). The third-order valence-corrected chi connectivity index (χ3v) is 5.26. The maximum atomic E-state index is 5.65. The zero-order valence-electron chi connectivity index (χ0n) is 15.5. The molecule has 144 valence electrons. The average molecular weight is 379 g/mol. The van der Waals surface area contributed by atoms with Crippen molar-refractivity contribution in [3.05, 3.63) is 42.6 Å². The van der Waals surface area contributed by atoms with E-state index in [1.54, 1.807) is 13.3 Å². The number of ether oxygens (including phenoxy) is 2. The summed E-state index contributed by atoms with van der Waals surface area (Å²) in [6.45, 7) is 1.48. The molecule has 8 heteroatoms. The number of hydrogen-bond acceptors (Lipinski definition) is 8. The number of fused-ring (bicyclic) bond motifs is 2. The fourth-order valence-corrected chi connectivity index (χ4v) is 3.86. The summed E-state index contributed by atoms with van der Waals surface area (Å²) >= 11 is 0. The van der Waals surface area contributed by atoms with Gasteiger partial charge in [0, 0.05) is 17.8 Å². The summed E-state index contributed by atoms with van der Waals surface area (Å²) in [5.74, 6) is 2.74. The molecule has 0 aliphatic carbocycles. The van der Waals surface area contributed by atoms with Crippen LogP contribution in [0.4, 0.5) is 17.7 Å². The molecular weight excluding hydrogens is 358 g/mol. The van der Waals surface area contributed by atoms with Crippen LogP contribution in [-0.4, -0.2) is 47.5 Å². The second-order valence-corrected chi connectivity index (χ2v) is 7.00. The Kier molecular flexibility index (Phi) is 4.32. The lowest BCUT2D eigenvalue weighted by molar-refractivity contribution is 0.0897. The van der Waals surface area contributed by atoms with Gasteiger partial charge in [0.05, 0.1) is 32.4 Å². The van der Waals surface area contributed by atoms with Gasteiger partial charge in [-0.05, 0) is 43.2 Å². The molecule has 2 fully saturated rings. The smallest absolute Gasteiger partial charge is 0.230 e. The fourth-order valence-electron chi connectivity index (χ4n) is 3.86. The number of morpholine rings is 1. The van der Waals surface area contributed by atoms with Gasteiger partial charge in [0.25, 0.3) is 0 Å². The molecule has 1 N–H and O–H groups in total. The molecule has 2 unspecified atom stereocenters. The lowest BCUT2D eigenvalue weighted by atomic mass is 10.1. The zero-order chi connectivity index (χ0) is 18.9. The summed E-state index contributed by atoms with van der Waals surface area (Å²) in [7, 11) is 1.64. The molecule has 0 spiro atoms. The van der Waals surface area contributed by atoms with Crippen LogP contribution in [-0.2, 0) is 4.74 Å². The van der Waals surface area contributed by atoms with Crippen LogP contribution in [0.2, 0.25) is 0 Å². The number of anilines is 3. The van der Waals surface area contributed by atoms with Gasteiger partial charge in [0.1, 0.15) is 17.3 Å². The van der Waals surface area contributed by atoms with E-state index in [4.69, 9.17) is 14.0 Å². The quantitative estimate of drug-likeness (QED) is 0.723. The van der Waals surface area contributed by atoms with Crippen molar-refractivity contribution in [1.82, 2.24) is 15.1 Å². The van der Waals surface area contributed by atoms with Crippen molar-refractivity contribution >= 4 is 17.7 Å². The van der Waals surface area contributed by atoms with Crippen LogP contribution < -0.4 is 15.0 Å². The highest BCUT2D eigenvalue weighted by atomic mass is 16.5. The molecule has 8 nitrogen and oxygen atoms in total. The van der Waals surface area contributed by atoms with Crippen LogP contribution in [0, 0.1) is 0 Å². The van der Waals surface area contributed by atoms with Gasteiger partial charge < -0.3 is 24.2 Å². The van der Waals surface area contributed by atoms with Gasteiger partial charge >= 0.3 is 0 Å². The second-order valence-electron chi connectivity index (χ2n) is 7.00. The minimum absolute atomic E-state index is 0.362. The van der Waals surface area contributed by atoms with Gasteiger partial charge in [-0.25, -0.2) is 4.98 Å². The number of methoxy groups -OCH3 is 1. The maximum Gasteiger partial charge on any atom is 0.230 e. The molecule has 2 bridgehead atoms. The van der Waals surface area contributed by atoms with Crippen molar-refractivity contribution in [2.45, 2.75) is 24.9 Å². The lowest BCUT2D eigenvalue weighted by Crippen LogP contribution is -2.46. The highest BCUT2D eigenvalue weighted by Gasteiger charge is 2.38. The average Bonchev–Trinajstić information content (AvgIpc) is 3.30. The normalized spacial score (nSPS) is 21.0. The van der Waals surface area contributed by atoms with Crippen LogP contribution in [0.1, 0.15) is 12.8 Å². The Morgan fingerprint density at radius 2 is 1.89 bits per heavy atom. The number of rotatable bonds is 5. The number of hydrogen-bond donors (Lipinski definition) is 1. The molecule has 2 aliphatic heterocycles. The van der Waals surface area contributed by atoms with Crippen molar-refractivity contribution in [3.8, 4) is 17.0 Å². The molecule has 3 aromatic rings. The maximum absolute atomic E-state index is 5.65. The summed E-state index contributed by atoms with van der Waals surface area (Å²) in [6.07, 6.45) is 4.01. The van der Waals surface area contributed by atoms with Gasteiger partial charge in [-0.1, -0.05) is 5.16 Å². The second kappa shape index (κ2) is 7.12. The van der Waals surface area contributed by atoms with E-state index < -0.39 is 0 Å². The van der Waals surface area contributed by atoms with E-state index in [2.05, 4.69) is 25.3 Å². The Hall–Kier alpha value is -3.13. The van der Waals surface area contributed by atoms with Crippen LogP contribution >= 0.6 is 0 Å². The molecule has 0 amide bonds. The van der Waals surface area contributed by atoms with Gasteiger partial charge in [0.2, 0.25) is 11.8 Å². The first kappa shape index (κ1) is 17.0. The van der Waals surface area contributed by atoms with E-state index in [0.717, 1.165) is 49.0 Å². The first-order valence-electron chi connectivity index (χ1n) is 9.37. The summed E-state index contributed by atoms with van der Waals surface area (Å²) in [5, 5.41) is 7.32. The predicted molar refractivity (Wildman–Crippen MR) is 104 cm³/mol. The molecule has 5 rings (SSSR count). The molecule has 1 aromatic carbocycles. The van der Waals surface area contributed by atoms with E-state index in [0.29, 0.717) is 23.8 Å². The van der Waals surface area contributed by atoms with E-state index >= 15 is 0 Å². The minimum Gasteiger partial charge on any atom is -0.497 e. The summed E-state index contributed by atoms with van der Waals surface area (Å²) in [5.41, 5.74) is 1.69. The Labute approximate surface area is 162 Å². The minimum atomic E-state index is 0.362. The number of nitrogens with zero attached hydrogens (tertiary/aromatic N) is 4. The predicted octanol–water partition coefficient (Wildman–Crippen LogP) is 3.25. The summed E-state index contributed by atoms with van der Waals surface area (Å²) in [4.78, 5) is 11.4. The van der Waals surface area contributed by atoms with Crippen molar-refractivity contribution < 1.29 is 14.0 Å². The number of benzene rings is 1. The van der Waals surface area contributed by atoms with E-state index in [9.17, 15) is 0 Å². The number of nitrogens with one attached hydrogen (secondary N) is 1. The highest BCUT2D eigenvalue weighted by molar-refractivity contribution is 5.64. The van der Waals surface area contributed by atoms with Crippen LogP contribution in [0.25, 0.3) is 11.3 Å². The van der Waals surface area contributed by atoms with Crippen LogP contribution in [0.5, 0.6) is 5.75 Å². The van der Waals surface area contributed by atoms with Gasteiger partial charge in [-0.2, -0.15) is 4.98 Å². The topological polar surface area (TPSA) is 85.5 Å². The lowest BCUT2D eigenvalue weighted by Gasteiger charge is -2.34. The molecule has 2 atom stereocenters. The summed E-state index contributed by atoms with van der Waals surface area (Å²) in [6, 6.07) is 12.1. The monoisotopic (exact) mass is 379 g/mol.